The van der Waals surface area contributed by atoms with Crippen molar-refractivity contribution in [2.75, 3.05) is 6.54 Å². The molecule has 0 aromatic heterocycles. The monoisotopic (exact) mass is 279 g/mol. The Hall–Kier alpha value is -1.55. The topological polar surface area (TPSA) is 53.5 Å². The molecule has 4 nitrogen and oxygen atoms in total. The molecule has 1 unspecified atom stereocenters. The molecule has 0 bridgehead atoms. The molecule has 1 aliphatic heterocycles. The Morgan fingerprint density at radius 3 is 2.63 bits per heavy atom. The van der Waals surface area contributed by atoms with Crippen LogP contribution in [0.15, 0.2) is 29.3 Å². The maximum absolute atomic E-state index is 12.1. The summed E-state index contributed by atoms with van der Waals surface area (Å²) in [5.41, 5.74) is 0.409. The van der Waals surface area contributed by atoms with Crippen LogP contribution in [0.3, 0.4) is 0 Å². The van der Waals surface area contributed by atoms with E-state index in [4.69, 9.17) is 11.6 Å². The summed E-state index contributed by atoms with van der Waals surface area (Å²) in [6.45, 7) is 4.64. The van der Waals surface area contributed by atoms with Gasteiger partial charge in [-0.05, 0) is 31.0 Å². The number of aliphatic imine (C=N–C) groups is 1. The summed E-state index contributed by atoms with van der Waals surface area (Å²) in [6, 6.07) is 7.53. The number of halogens is 1. The molecule has 2 N–H and O–H groups in total. The van der Waals surface area contributed by atoms with E-state index in [-0.39, 0.29) is 5.91 Å². The highest BCUT2D eigenvalue weighted by Crippen LogP contribution is 2.18. The van der Waals surface area contributed by atoms with Gasteiger partial charge in [0.2, 0.25) is 0 Å². The second-order valence-corrected chi connectivity index (χ2v) is 5.38. The number of amides is 1. The molecule has 102 valence electrons. The largest absolute Gasteiger partial charge is 0.342 e. The molecular formula is C14H18ClN3O. The average molecular weight is 280 g/mol. The average Bonchev–Trinajstić information content (AvgIpc) is 2.65. The minimum absolute atomic E-state index is 0.0442. The van der Waals surface area contributed by atoms with Crippen LogP contribution in [0.1, 0.15) is 25.8 Å². The molecule has 1 aromatic rings. The van der Waals surface area contributed by atoms with Crippen molar-refractivity contribution in [1.29, 1.82) is 0 Å². The summed E-state index contributed by atoms with van der Waals surface area (Å²) in [5.74, 6) is 0.528. The third-order valence-electron chi connectivity index (χ3n) is 3.09. The third-order valence-corrected chi connectivity index (χ3v) is 3.34. The second-order valence-electron chi connectivity index (χ2n) is 4.94. The highest BCUT2D eigenvalue weighted by Gasteiger charge is 2.40. The smallest absolute Gasteiger partial charge is 0.252 e. The quantitative estimate of drug-likeness (QED) is 0.887. The Bertz CT molecular complexity index is 498. The second kappa shape index (κ2) is 5.61. The predicted octanol–water partition coefficient (Wildman–Crippen LogP) is 2.13. The Morgan fingerprint density at radius 1 is 1.32 bits per heavy atom. The molecule has 0 saturated carbocycles. The normalized spacial score (nSPS) is 24.4. The number of carbonyl (C=O) groups is 1. The first-order valence-corrected chi connectivity index (χ1v) is 6.80. The SMILES string of the molecule is CCCN=C1NC(=O)C(C)(Cc2ccc(Cl)cc2)N1. The van der Waals surface area contributed by atoms with Crippen LogP contribution in [0, 0.1) is 0 Å². The molecule has 0 aliphatic carbocycles. The molecule has 0 radical (unpaired) electrons. The van der Waals surface area contributed by atoms with Crippen LogP contribution in [-0.4, -0.2) is 24.0 Å². The molecule has 1 fully saturated rings. The van der Waals surface area contributed by atoms with Gasteiger partial charge in [0.15, 0.2) is 5.96 Å². The van der Waals surface area contributed by atoms with Gasteiger partial charge in [-0.15, -0.1) is 0 Å². The minimum Gasteiger partial charge on any atom is -0.342 e. The summed E-state index contributed by atoms with van der Waals surface area (Å²) in [4.78, 5) is 16.4. The molecule has 2 rings (SSSR count). The fraction of sp³-hybridized carbons (Fsp3) is 0.429. The van der Waals surface area contributed by atoms with E-state index in [1.807, 2.05) is 38.1 Å². The van der Waals surface area contributed by atoms with Gasteiger partial charge in [-0.3, -0.25) is 15.1 Å². The zero-order valence-corrected chi connectivity index (χ0v) is 11.9. The molecule has 1 amide bonds. The molecular weight excluding hydrogens is 262 g/mol. The van der Waals surface area contributed by atoms with Gasteiger partial charge in [0.1, 0.15) is 5.54 Å². The van der Waals surface area contributed by atoms with Gasteiger partial charge in [0.25, 0.3) is 5.91 Å². The van der Waals surface area contributed by atoms with Gasteiger partial charge >= 0.3 is 0 Å². The van der Waals surface area contributed by atoms with Crippen LogP contribution in [0.5, 0.6) is 0 Å². The summed E-state index contributed by atoms with van der Waals surface area (Å²) in [5, 5.41) is 6.65. The Morgan fingerprint density at radius 2 is 2.00 bits per heavy atom. The van der Waals surface area contributed by atoms with Gasteiger partial charge in [0, 0.05) is 18.0 Å². The van der Waals surface area contributed by atoms with E-state index < -0.39 is 5.54 Å². The lowest BCUT2D eigenvalue weighted by molar-refractivity contribution is -0.123. The summed E-state index contributed by atoms with van der Waals surface area (Å²) < 4.78 is 0. The summed E-state index contributed by atoms with van der Waals surface area (Å²) >= 11 is 5.86. The zero-order valence-electron chi connectivity index (χ0n) is 11.2. The number of benzene rings is 1. The van der Waals surface area contributed by atoms with E-state index in [1.165, 1.54) is 0 Å². The molecule has 1 aliphatic rings. The first-order chi connectivity index (χ1) is 9.03. The first kappa shape index (κ1) is 13.9. The molecule has 19 heavy (non-hydrogen) atoms. The summed E-state index contributed by atoms with van der Waals surface area (Å²) in [6.07, 6.45) is 1.55. The van der Waals surface area contributed by atoms with Crippen LogP contribution in [0.2, 0.25) is 5.02 Å². The molecule has 1 aromatic carbocycles. The number of carbonyl (C=O) groups excluding carboxylic acids is 1. The number of guanidine groups is 1. The van der Waals surface area contributed by atoms with Crippen molar-refractivity contribution in [3.63, 3.8) is 0 Å². The predicted molar refractivity (Wildman–Crippen MR) is 77.4 cm³/mol. The minimum atomic E-state index is -0.652. The van der Waals surface area contributed by atoms with Crippen molar-refractivity contribution < 1.29 is 4.79 Å². The molecule has 0 spiro atoms. The lowest BCUT2D eigenvalue weighted by atomic mass is 9.93. The van der Waals surface area contributed by atoms with Crippen LogP contribution in [-0.2, 0) is 11.2 Å². The Kier molecular flexibility index (Phi) is 4.10. The van der Waals surface area contributed by atoms with Gasteiger partial charge in [-0.1, -0.05) is 30.7 Å². The van der Waals surface area contributed by atoms with Crippen LogP contribution >= 0.6 is 11.6 Å². The highest BCUT2D eigenvalue weighted by atomic mass is 35.5. The number of hydrogen-bond acceptors (Lipinski definition) is 2. The van der Waals surface area contributed by atoms with Crippen molar-refractivity contribution in [1.82, 2.24) is 10.6 Å². The number of rotatable bonds is 4. The van der Waals surface area contributed by atoms with Crippen LogP contribution in [0.25, 0.3) is 0 Å². The van der Waals surface area contributed by atoms with Crippen molar-refractivity contribution in [3.05, 3.63) is 34.9 Å². The van der Waals surface area contributed by atoms with Gasteiger partial charge in [-0.2, -0.15) is 0 Å². The van der Waals surface area contributed by atoms with E-state index in [0.717, 1.165) is 12.0 Å². The number of nitrogens with one attached hydrogen (secondary N) is 2. The van der Waals surface area contributed by atoms with E-state index in [1.54, 1.807) is 0 Å². The van der Waals surface area contributed by atoms with Crippen molar-refractivity contribution >= 4 is 23.5 Å². The fourth-order valence-electron chi connectivity index (χ4n) is 2.03. The first-order valence-electron chi connectivity index (χ1n) is 6.42. The van der Waals surface area contributed by atoms with Crippen molar-refractivity contribution in [3.8, 4) is 0 Å². The lowest BCUT2D eigenvalue weighted by Gasteiger charge is -2.21. The van der Waals surface area contributed by atoms with E-state index >= 15 is 0 Å². The zero-order chi connectivity index (χ0) is 13.9. The van der Waals surface area contributed by atoms with Gasteiger partial charge < -0.3 is 5.32 Å². The van der Waals surface area contributed by atoms with E-state index in [0.29, 0.717) is 23.9 Å². The maximum atomic E-state index is 12.1. The van der Waals surface area contributed by atoms with E-state index in [2.05, 4.69) is 15.6 Å². The van der Waals surface area contributed by atoms with Crippen molar-refractivity contribution in [2.45, 2.75) is 32.2 Å². The third kappa shape index (κ3) is 3.26. The van der Waals surface area contributed by atoms with Crippen molar-refractivity contribution in [2.24, 2.45) is 4.99 Å². The van der Waals surface area contributed by atoms with Gasteiger partial charge in [0.05, 0.1) is 0 Å². The molecule has 1 saturated heterocycles. The Balaban J connectivity index is 2.10. The molecule has 1 heterocycles. The lowest BCUT2D eigenvalue weighted by Crippen LogP contribution is -2.45. The summed E-state index contributed by atoms with van der Waals surface area (Å²) in [7, 11) is 0. The molecule has 5 heteroatoms. The number of nitrogens with zero attached hydrogens (tertiary/aromatic N) is 1. The van der Waals surface area contributed by atoms with Crippen LogP contribution in [0.4, 0.5) is 0 Å². The fourth-order valence-corrected chi connectivity index (χ4v) is 2.16. The molecule has 1 atom stereocenters. The highest BCUT2D eigenvalue weighted by molar-refractivity contribution is 6.30. The van der Waals surface area contributed by atoms with Gasteiger partial charge in [-0.25, -0.2) is 0 Å². The number of hydrogen-bond donors (Lipinski definition) is 2. The Labute approximate surface area is 118 Å². The standard InChI is InChI=1S/C14H18ClN3O/c1-3-8-16-13-17-12(19)14(2,18-13)9-10-4-6-11(15)7-5-10/h4-7H,3,8-9H2,1-2H3,(H2,16,17,18,19). The van der Waals surface area contributed by atoms with E-state index in [9.17, 15) is 4.79 Å². The van der Waals surface area contributed by atoms with Crippen LogP contribution < -0.4 is 10.6 Å². The maximum Gasteiger partial charge on any atom is 0.252 e.